The van der Waals surface area contributed by atoms with Crippen LogP contribution in [0, 0.1) is 0 Å². The molecule has 7 heteroatoms. The van der Waals surface area contributed by atoms with Crippen LogP contribution in [0.4, 0.5) is 0 Å². The van der Waals surface area contributed by atoms with Crippen LogP contribution in [0.5, 0.6) is 0 Å². The van der Waals surface area contributed by atoms with Gasteiger partial charge in [0.2, 0.25) is 0 Å². The van der Waals surface area contributed by atoms with Crippen molar-refractivity contribution in [1.29, 1.82) is 0 Å². The van der Waals surface area contributed by atoms with Gasteiger partial charge in [0.05, 0.1) is 25.9 Å². The smallest absolute Gasteiger partial charge is 0.191 e. The summed E-state index contributed by atoms with van der Waals surface area (Å²) < 4.78 is 11.2. The number of guanidine groups is 1. The van der Waals surface area contributed by atoms with Gasteiger partial charge in [-0.15, -0.1) is 11.3 Å². The van der Waals surface area contributed by atoms with Gasteiger partial charge in [0.25, 0.3) is 0 Å². The Bertz CT molecular complexity index is 486. The molecule has 23 heavy (non-hydrogen) atoms. The lowest BCUT2D eigenvalue weighted by atomic mass is 10.3. The van der Waals surface area contributed by atoms with Gasteiger partial charge in [0, 0.05) is 30.3 Å². The van der Waals surface area contributed by atoms with Crippen LogP contribution in [0.2, 0.25) is 0 Å². The summed E-state index contributed by atoms with van der Waals surface area (Å²) >= 11 is 1.73. The molecule has 0 spiro atoms. The maximum absolute atomic E-state index is 5.84. The van der Waals surface area contributed by atoms with Gasteiger partial charge in [-0.3, -0.25) is 0 Å². The number of nitrogens with zero attached hydrogens (tertiary/aromatic N) is 2. The van der Waals surface area contributed by atoms with Crippen molar-refractivity contribution < 1.29 is 9.47 Å². The first-order valence-corrected chi connectivity index (χ1v) is 9.20. The molecule has 2 atom stereocenters. The van der Waals surface area contributed by atoms with E-state index in [4.69, 9.17) is 9.47 Å². The maximum atomic E-state index is 5.84. The Labute approximate surface area is 142 Å². The quantitative estimate of drug-likeness (QED) is 0.559. The zero-order valence-corrected chi connectivity index (χ0v) is 15.1. The number of hydrogen-bond acceptors (Lipinski definition) is 5. The standard InChI is InChI=1S/C16H28N4O2S/c1-4-14-8-18-15(23-14)9-19-16(17-5-2)20-12(3)10-22-13-6-7-21-11-13/h8,12-13H,4-7,9-11H2,1-3H3,(H2,17,19,20). The summed E-state index contributed by atoms with van der Waals surface area (Å²) in [6.07, 6.45) is 4.20. The van der Waals surface area contributed by atoms with Gasteiger partial charge in [-0.05, 0) is 26.7 Å². The average molecular weight is 340 g/mol. The van der Waals surface area contributed by atoms with Gasteiger partial charge in [0.15, 0.2) is 5.96 Å². The molecule has 130 valence electrons. The number of nitrogens with one attached hydrogen (secondary N) is 2. The summed E-state index contributed by atoms with van der Waals surface area (Å²) in [5.41, 5.74) is 0. The Morgan fingerprint density at radius 2 is 2.43 bits per heavy atom. The monoisotopic (exact) mass is 340 g/mol. The molecule has 0 amide bonds. The molecule has 0 radical (unpaired) electrons. The third-order valence-electron chi connectivity index (χ3n) is 3.52. The second-order valence-electron chi connectivity index (χ2n) is 5.63. The summed E-state index contributed by atoms with van der Waals surface area (Å²) in [5.74, 6) is 0.805. The largest absolute Gasteiger partial charge is 0.379 e. The molecule has 1 fully saturated rings. The topological polar surface area (TPSA) is 67.8 Å². The Morgan fingerprint density at radius 3 is 3.09 bits per heavy atom. The van der Waals surface area contributed by atoms with E-state index >= 15 is 0 Å². The number of hydrogen-bond donors (Lipinski definition) is 2. The molecule has 6 nitrogen and oxygen atoms in total. The highest BCUT2D eigenvalue weighted by Gasteiger charge is 2.17. The summed E-state index contributed by atoms with van der Waals surface area (Å²) in [5, 5.41) is 7.70. The van der Waals surface area contributed by atoms with E-state index in [-0.39, 0.29) is 12.1 Å². The van der Waals surface area contributed by atoms with Crippen molar-refractivity contribution in [2.75, 3.05) is 26.4 Å². The molecular formula is C16H28N4O2S. The Hall–Kier alpha value is -1.18. The molecule has 2 unspecified atom stereocenters. The van der Waals surface area contributed by atoms with Crippen LogP contribution < -0.4 is 10.6 Å². The first-order valence-electron chi connectivity index (χ1n) is 8.39. The SMILES string of the molecule is CCNC(=NCc1ncc(CC)s1)NC(C)COC1CCOC1. The van der Waals surface area contributed by atoms with E-state index < -0.39 is 0 Å². The molecule has 1 aliphatic heterocycles. The number of aromatic nitrogens is 1. The molecular weight excluding hydrogens is 312 g/mol. The highest BCUT2D eigenvalue weighted by Crippen LogP contribution is 2.14. The predicted octanol–water partition coefficient (Wildman–Crippen LogP) is 1.95. The van der Waals surface area contributed by atoms with Crippen molar-refractivity contribution >= 4 is 17.3 Å². The molecule has 0 bridgehead atoms. The number of rotatable bonds is 8. The van der Waals surface area contributed by atoms with Gasteiger partial charge in [0.1, 0.15) is 5.01 Å². The highest BCUT2D eigenvalue weighted by molar-refractivity contribution is 7.11. The normalized spacial score (nSPS) is 19.8. The van der Waals surface area contributed by atoms with Crippen LogP contribution in [0.3, 0.4) is 0 Å². The van der Waals surface area contributed by atoms with Gasteiger partial charge in [-0.2, -0.15) is 0 Å². The van der Waals surface area contributed by atoms with Crippen LogP contribution in [-0.4, -0.2) is 49.5 Å². The van der Waals surface area contributed by atoms with Gasteiger partial charge in [-0.25, -0.2) is 9.98 Å². The first-order chi connectivity index (χ1) is 11.2. The van der Waals surface area contributed by atoms with Crippen molar-refractivity contribution in [3.8, 4) is 0 Å². The predicted molar refractivity (Wildman–Crippen MR) is 94.1 cm³/mol. The first kappa shape index (κ1) is 18.2. The van der Waals surface area contributed by atoms with Gasteiger partial charge < -0.3 is 20.1 Å². The number of thiazole rings is 1. The average Bonchev–Trinajstić information content (AvgIpc) is 3.22. The summed E-state index contributed by atoms with van der Waals surface area (Å²) in [7, 11) is 0. The minimum absolute atomic E-state index is 0.191. The molecule has 2 heterocycles. The van der Waals surface area contributed by atoms with Crippen LogP contribution in [0.1, 0.15) is 37.1 Å². The molecule has 2 N–H and O–H groups in total. The lowest BCUT2D eigenvalue weighted by molar-refractivity contribution is 0.0347. The van der Waals surface area contributed by atoms with E-state index in [1.165, 1.54) is 4.88 Å². The van der Waals surface area contributed by atoms with Gasteiger partial charge >= 0.3 is 0 Å². The second-order valence-corrected chi connectivity index (χ2v) is 6.83. The number of ether oxygens (including phenoxy) is 2. The molecule has 0 aromatic carbocycles. The van der Waals surface area contributed by atoms with E-state index in [0.717, 1.165) is 37.0 Å². The fourth-order valence-electron chi connectivity index (χ4n) is 2.25. The molecule has 1 aromatic heterocycles. The van der Waals surface area contributed by atoms with E-state index in [1.807, 2.05) is 6.20 Å². The van der Waals surface area contributed by atoms with E-state index in [1.54, 1.807) is 11.3 Å². The molecule has 0 saturated carbocycles. The molecule has 1 aliphatic rings. The van der Waals surface area contributed by atoms with Crippen LogP contribution in [0.25, 0.3) is 0 Å². The lowest BCUT2D eigenvalue weighted by Gasteiger charge is -2.19. The summed E-state index contributed by atoms with van der Waals surface area (Å²) in [6.45, 7) is 9.90. The van der Waals surface area contributed by atoms with Crippen molar-refractivity contribution in [2.45, 2.75) is 52.3 Å². The van der Waals surface area contributed by atoms with Crippen molar-refractivity contribution in [3.63, 3.8) is 0 Å². The second kappa shape index (κ2) is 9.85. The lowest BCUT2D eigenvalue weighted by Crippen LogP contribution is -2.44. The van der Waals surface area contributed by atoms with Crippen molar-refractivity contribution in [2.24, 2.45) is 4.99 Å². The maximum Gasteiger partial charge on any atom is 0.191 e. The van der Waals surface area contributed by atoms with E-state index in [0.29, 0.717) is 19.8 Å². The minimum atomic E-state index is 0.191. The number of aliphatic imine (C=N–C) groups is 1. The van der Waals surface area contributed by atoms with Crippen molar-refractivity contribution in [1.82, 2.24) is 15.6 Å². The summed E-state index contributed by atoms with van der Waals surface area (Å²) in [6, 6.07) is 0.191. The van der Waals surface area contributed by atoms with Crippen LogP contribution >= 0.6 is 11.3 Å². The number of aryl methyl sites for hydroxylation is 1. The fraction of sp³-hybridized carbons (Fsp3) is 0.750. The van der Waals surface area contributed by atoms with Crippen molar-refractivity contribution in [3.05, 3.63) is 16.1 Å². The van der Waals surface area contributed by atoms with Gasteiger partial charge in [-0.1, -0.05) is 6.92 Å². The van der Waals surface area contributed by atoms with E-state index in [9.17, 15) is 0 Å². The zero-order valence-electron chi connectivity index (χ0n) is 14.3. The third-order valence-corrected chi connectivity index (χ3v) is 4.65. The molecule has 1 saturated heterocycles. The van der Waals surface area contributed by atoms with Crippen LogP contribution in [-0.2, 0) is 22.4 Å². The fourth-order valence-corrected chi connectivity index (χ4v) is 3.04. The Kier molecular flexibility index (Phi) is 7.78. The third kappa shape index (κ3) is 6.45. The molecule has 1 aromatic rings. The Morgan fingerprint density at radius 1 is 1.57 bits per heavy atom. The Balaban J connectivity index is 1.79. The highest BCUT2D eigenvalue weighted by atomic mass is 32.1. The minimum Gasteiger partial charge on any atom is -0.379 e. The summed E-state index contributed by atoms with van der Waals surface area (Å²) in [4.78, 5) is 10.3. The molecule has 0 aliphatic carbocycles. The van der Waals surface area contributed by atoms with E-state index in [2.05, 4.69) is 41.4 Å². The molecule has 2 rings (SSSR count). The van der Waals surface area contributed by atoms with Crippen LogP contribution in [0.15, 0.2) is 11.2 Å². The zero-order chi connectivity index (χ0) is 16.5.